The Balaban J connectivity index is 0. The number of rotatable bonds is 3. The van der Waals surface area contributed by atoms with Crippen LogP contribution in [0.15, 0.2) is 0 Å². The van der Waals surface area contributed by atoms with Gasteiger partial charge in [0.05, 0.1) is 0 Å². The van der Waals surface area contributed by atoms with Crippen molar-refractivity contribution in [2.75, 3.05) is 13.2 Å². The maximum atomic E-state index is 4.87. The van der Waals surface area contributed by atoms with E-state index in [1.54, 1.807) is 0 Å². The largest absolute Gasteiger partial charge is 1.00 e. The molecule has 0 aliphatic rings. The van der Waals surface area contributed by atoms with E-state index in [0.717, 1.165) is 13.0 Å². The molecule has 7 heavy (non-hydrogen) atoms. The van der Waals surface area contributed by atoms with Crippen molar-refractivity contribution in [2.24, 2.45) is 0 Å². The summed E-state index contributed by atoms with van der Waals surface area (Å²) in [5.74, 6) is 0. The quantitative estimate of drug-likeness (QED) is 0.238. The van der Waals surface area contributed by atoms with Crippen LogP contribution >= 0.6 is 0 Å². The Morgan fingerprint density at radius 1 is 1.57 bits per heavy atom. The second-order valence-electron chi connectivity index (χ2n) is 1.11. The summed E-state index contributed by atoms with van der Waals surface area (Å²) < 4.78 is 4.87. The maximum Gasteiger partial charge on any atom is 1.00 e. The molecule has 0 aromatic carbocycles. The Morgan fingerprint density at radius 3 is 2.29 bits per heavy atom. The van der Waals surface area contributed by atoms with Crippen LogP contribution in [-0.4, -0.2) is 13.2 Å². The van der Waals surface area contributed by atoms with Gasteiger partial charge < -0.3 is 11.7 Å². The Morgan fingerprint density at radius 2 is 2.14 bits per heavy atom. The van der Waals surface area contributed by atoms with E-state index < -0.39 is 0 Å². The molecule has 0 aliphatic heterocycles. The molecule has 0 saturated carbocycles. The van der Waals surface area contributed by atoms with Gasteiger partial charge in [-0.05, 0) is 6.42 Å². The van der Waals surface area contributed by atoms with Crippen molar-refractivity contribution < 1.29 is 34.3 Å². The van der Waals surface area contributed by atoms with Gasteiger partial charge in [-0.25, -0.2) is 0 Å². The average Bonchev–Trinajstić information content (AvgIpc) is 1.61. The second kappa shape index (κ2) is 10.0. The first-order valence-electron chi connectivity index (χ1n) is 2.28. The molecule has 0 N–H and O–H groups in total. The van der Waals surface area contributed by atoms with Crippen molar-refractivity contribution in [3.05, 3.63) is 6.92 Å². The molecule has 0 aromatic rings. The summed E-state index contributed by atoms with van der Waals surface area (Å²) in [6.07, 6.45) is 1.09. The van der Waals surface area contributed by atoms with Crippen molar-refractivity contribution in [1.29, 1.82) is 0 Å². The molecule has 0 atom stereocenters. The summed E-state index contributed by atoms with van der Waals surface area (Å²) in [5, 5.41) is 0. The molecular weight excluding hydrogens is 99.0 g/mol. The molecule has 0 fully saturated rings. The van der Waals surface area contributed by atoms with Crippen molar-refractivity contribution in [3.8, 4) is 0 Å². The first-order valence-corrected chi connectivity index (χ1v) is 2.28. The third-order valence-corrected chi connectivity index (χ3v) is 0.493. The molecule has 0 unspecified atom stereocenters. The third kappa shape index (κ3) is 10.9. The van der Waals surface area contributed by atoms with Crippen molar-refractivity contribution in [1.82, 2.24) is 0 Å². The normalized spacial score (nSPS) is 7.71. The zero-order valence-corrected chi connectivity index (χ0v) is 7.24. The molecule has 2 heteroatoms. The molecule has 0 amide bonds. The van der Waals surface area contributed by atoms with Crippen LogP contribution in [0.1, 0.15) is 13.3 Å². The van der Waals surface area contributed by atoms with E-state index in [1.807, 2.05) is 0 Å². The van der Waals surface area contributed by atoms with E-state index in [4.69, 9.17) is 4.74 Å². The van der Waals surface area contributed by atoms with E-state index in [1.165, 1.54) is 0 Å². The van der Waals surface area contributed by atoms with Gasteiger partial charge in [0, 0.05) is 6.61 Å². The van der Waals surface area contributed by atoms with Gasteiger partial charge in [0.1, 0.15) is 0 Å². The molecule has 38 valence electrons. The smallest absolute Gasteiger partial charge is 0.413 e. The van der Waals surface area contributed by atoms with Crippen LogP contribution in [0.25, 0.3) is 0 Å². The minimum Gasteiger partial charge on any atom is -0.413 e. The van der Waals surface area contributed by atoms with Gasteiger partial charge in [-0.2, -0.15) is 0 Å². The number of ether oxygens (including phenoxy) is 1. The van der Waals surface area contributed by atoms with Crippen molar-refractivity contribution in [3.63, 3.8) is 0 Å². The fourth-order valence-corrected chi connectivity index (χ4v) is 0.246. The molecule has 0 saturated heterocycles. The molecular formula is C5H11NaO. The standard InChI is InChI=1S/C5H11O.Na/c1-3-5-6-4-2;/h2-5H2,1H3;/q-1;+1. The Labute approximate surface area is 67.7 Å². The minimum absolute atomic E-state index is 0. The third-order valence-electron chi connectivity index (χ3n) is 0.493. The molecule has 0 spiro atoms. The molecule has 0 aromatic heterocycles. The Bertz CT molecular complexity index is 20.0. The van der Waals surface area contributed by atoms with E-state index in [-0.39, 0.29) is 29.6 Å². The maximum absolute atomic E-state index is 4.87. The van der Waals surface area contributed by atoms with Crippen LogP contribution in [-0.2, 0) is 4.74 Å². The van der Waals surface area contributed by atoms with E-state index in [2.05, 4.69) is 13.8 Å². The SMILES string of the molecule is [CH2-]COCCC.[Na+]. The molecule has 0 radical (unpaired) electrons. The molecule has 0 rings (SSSR count). The van der Waals surface area contributed by atoms with E-state index in [9.17, 15) is 0 Å². The van der Waals surface area contributed by atoms with Gasteiger partial charge in [0.15, 0.2) is 0 Å². The Kier molecular flexibility index (Phi) is 15.6. The van der Waals surface area contributed by atoms with Crippen LogP contribution in [0.4, 0.5) is 0 Å². The first kappa shape index (κ1) is 10.9. The minimum atomic E-state index is 0. The Hall–Kier alpha value is 0.960. The van der Waals surface area contributed by atoms with Gasteiger partial charge in [0.2, 0.25) is 0 Å². The van der Waals surface area contributed by atoms with Crippen LogP contribution in [0.2, 0.25) is 0 Å². The summed E-state index contributed by atoms with van der Waals surface area (Å²) in [6, 6.07) is 0. The second-order valence-corrected chi connectivity index (χ2v) is 1.11. The topological polar surface area (TPSA) is 9.23 Å². The predicted molar refractivity (Wildman–Crippen MR) is 26.5 cm³/mol. The summed E-state index contributed by atoms with van der Waals surface area (Å²) in [4.78, 5) is 0. The number of hydrogen-bond donors (Lipinski definition) is 0. The van der Waals surface area contributed by atoms with Crippen LogP contribution in [0.5, 0.6) is 0 Å². The fraction of sp³-hybridized carbons (Fsp3) is 0.800. The van der Waals surface area contributed by atoms with Gasteiger partial charge in [0.25, 0.3) is 0 Å². The zero-order valence-electron chi connectivity index (χ0n) is 5.24. The summed E-state index contributed by atoms with van der Waals surface area (Å²) in [6.45, 7) is 7.04. The van der Waals surface area contributed by atoms with Crippen molar-refractivity contribution in [2.45, 2.75) is 13.3 Å². The van der Waals surface area contributed by atoms with Crippen molar-refractivity contribution >= 4 is 0 Å². The average molecular weight is 110 g/mol. The molecule has 0 aliphatic carbocycles. The van der Waals surface area contributed by atoms with Gasteiger partial charge in [-0.15, -0.1) is 0 Å². The van der Waals surface area contributed by atoms with Gasteiger partial charge >= 0.3 is 29.6 Å². The summed E-state index contributed by atoms with van der Waals surface area (Å²) in [7, 11) is 0. The molecule has 0 bridgehead atoms. The predicted octanol–water partition coefficient (Wildman–Crippen LogP) is -1.75. The van der Waals surface area contributed by atoms with Gasteiger partial charge in [-0.3, -0.25) is 0 Å². The summed E-state index contributed by atoms with van der Waals surface area (Å²) >= 11 is 0. The fourth-order valence-electron chi connectivity index (χ4n) is 0.246. The molecule has 0 heterocycles. The monoisotopic (exact) mass is 110 g/mol. The van der Waals surface area contributed by atoms with Gasteiger partial charge in [-0.1, -0.05) is 13.5 Å². The summed E-state index contributed by atoms with van der Waals surface area (Å²) in [5.41, 5.74) is 0. The zero-order chi connectivity index (χ0) is 4.83. The molecule has 1 nitrogen and oxygen atoms in total. The van der Waals surface area contributed by atoms with Crippen LogP contribution < -0.4 is 29.6 Å². The number of hydrogen-bond acceptors (Lipinski definition) is 1. The van der Waals surface area contributed by atoms with Crippen LogP contribution in [0.3, 0.4) is 0 Å². The van der Waals surface area contributed by atoms with Crippen LogP contribution in [0, 0.1) is 6.92 Å². The van der Waals surface area contributed by atoms with E-state index >= 15 is 0 Å². The van der Waals surface area contributed by atoms with E-state index in [0.29, 0.717) is 6.61 Å². The first-order chi connectivity index (χ1) is 2.91.